The van der Waals surface area contributed by atoms with Crippen molar-refractivity contribution in [2.45, 2.75) is 69.3 Å². The SMILES string of the molecule is COc1ccc(N2C/C=C\CCC(=O)NC[C@H](C)OC(=O)[C@@H]3[C@H]4C(=O)N(CCCCCCO)[C@H](C2=O)[C@]42C=C[C@H]3O2)cc1. The molecule has 11 heteroatoms. The zero-order chi connectivity index (χ0) is 30.6. The van der Waals surface area contributed by atoms with E-state index < -0.39 is 41.7 Å². The summed E-state index contributed by atoms with van der Waals surface area (Å²) in [5.41, 5.74) is -0.699. The predicted molar refractivity (Wildman–Crippen MR) is 157 cm³/mol. The van der Waals surface area contributed by atoms with Crippen LogP contribution in [0.5, 0.6) is 5.75 Å². The number of esters is 1. The minimum Gasteiger partial charge on any atom is -0.497 e. The third-order valence-corrected chi connectivity index (χ3v) is 8.73. The number of rotatable bonds is 8. The van der Waals surface area contributed by atoms with E-state index >= 15 is 0 Å². The summed E-state index contributed by atoms with van der Waals surface area (Å²) in [4.78, 5) is 58.0. The number of cyclic esters (lactones) is 1. The van der Waals surface area contributed by atoms with E-state index in [4.69, 9.17) is 14.2 Å². The lowest BCUT2D eigenvalue weighted by Crippen LogP contribution is -2.56. The van der Waals surface area contributed by atoms with Crippen molar-refractivity contribution in [2.24, 2.45) is 11.8 Å². The molecule has 43 heavy (non-hydrogen) atoms. The van der Waals surface area contributed by atoms with Crippen LogP contribution in [0.4, 0.5) is 5.69 Å². The molecule has 2 fully saturated rings. The van der Waals surface area contributed by atoms with Crippen molar-refractivity contribution >= 4 is 29.4 Å². The lowest BCUT2D eigenvalue weighted by molar-refractivity contribution is -0.158. The predicted octanol–water partition coefficient (Wildman–Crippen LogP) is 2.13. The van der Waals surface area contributed by atoms with Gasteiger partial charge in [0.2, 0.25) is 11.8 Å². The van der Waals surface area contributed by atoms with Gasteiger partial charge in [-0.15, -0.1) is 0 Å². The number of aliphatic hydroxyl groups is 1. The number of amides is 3. The molecule has 6 atom stereocenters. The van der Waals surface area contributed by atoms with Crippen LogP contribution >= 0.6 is 0 Å². The van der Waals surface area contributed by atoms with Crippen molar-refractivity contribution in [3.05, 3.63) is 48.6 Å². The number of hydrogen-bond acceptors (Lipinski definition) is 8. The highest BCUT2D eigenvalue weighted by Crippen LogP contribution is 2.55. The molecule has 5 rings (SSSR count). The van der Waals surface area contributed by atoms with Gasteiger partial charge in [-0.2, -0.15) is 0 Å². The number of anilines is 1. The molecular weight excluding hydrogens is 554 g/mol. The van der Waals surface area contributed by atoms with Gasteiger partial charge in [-0.25, -0.2) is 0 Å². The third kappa shape index (κ3) is 6.05. The summed E-state index contributed by atoms with van der Waals surface area (Å²) in [6.07, 6.45) is 9.56. The lowest BCUT2D eigenvalue weighted by Gasteiger charge is -2.36. The summed E-state index contributed by atoms with van der Waals surface area (Å²) in [7, 11) is 1.57. The molecule has 5 bridgehead atoms. The van der Waals surface area contributed by atoms with Crippen LogP contribution in [0.15, 0.2) is 48.6 Å². The van der Waals surface area contributed by atoms with Gasteiger partial charge in [0.15, 0.2) is 0 Å². The minimum absolute atomic E-state index is 0.102. The number of unbranched alkanes of at least 4 members (excludes halogenated alkanes) is 3. The number of carbonyl (C=O) groups is 4. The first-order chi connectivity index (χ1) is 20.8. The van der Waals surface area contributed by atoms with Crippen molar-refractivity contribution < 1.29 is 38.5 Å². The lowest BCUT2D eigenvalue weighted by atomic mass is 9.74. The molecule has 4 aliphatic rings. The van der Waals surface area contributed by atoms with E-state index in [1.807, 2.05) is 12.2 Å². The van der Waals surface area contributed by atoms with Crippen molar-refractivity contribution in [1.82, 2.24) is 10.2 Å². The Kier molecular flexibility index (Phi) is 9.51. The Labute approximate surface area is 251 Å². The molecule has 11 nitrogen and oxygen atoms in total. The molecule has 2 N–H and O–H groups in total. The van der Waals surface area contributed by atoms with Crippen LogP contribution < -0.4 is 15.0 Å². The third-order valence-electron chi connectivity index (χ3n) is 8.73. The maximum atomic E-state index is 14.7. The molecule has 0 aromatic heterocycles. The summed E-state index contributed by atoms with van der Waals surface area (Å²) in [5, 5.41) is 12.0. The smallest absolute Gasteiger partial charge is 0.313 e. The first-order valence-electron chi connectivity index (χ1n) is 15.2. The molecule has 0 unspecified atom stereocenters. The van der Waals surface area contributed by atoms with Crippen LogP contribution in [0.2, 0.25) is 0 Å². The average molecular weight is 596 g/mol. The molecule has 2 saturated heterocycles. The second-order valence-corrected chi connectivity index (χ2v) is 11.6. The van der Waals surface area contributed by atoms with Crippen LogP contribution in [0.3, 0.4) is 0 Å². The molecular formula is C32H41N3O8. The maximum absolute atomic E-state index is 14.7. The molecule has 232 valence electrons. The molecule has 4 heterocycles. The van der Waals surface area contributed by atoms with E-state index in [1.54, 1.807) is 60.3 Å². The molecule has 1 aromatic carbocycles. The average Bonchev–Trinajstić information content (AvgIpc) is 3.64. The van der Waals surface area contributed by atoms with Crippen molar-refractivity contribution in [3.63, 3.8) is 0 Å². The van der Waals surface area contributed by atoms with Gasteiger partial charge in [0, 0.05) is 31.8 Å². The molecule has 3 amide bonds. The second-order valence-electron chi connectivity index (χ2n) is 11.6. The Morgan fingerprint density at radius 2 is 1.81 bits per heavy atom. The van der Waals surface area contributed by atoms with Gasteiger partial charge in [-0.3, -0.25) is 19.2 Å². The Morgan fingerprint density at radius 3 is 2.56 bits per heavy atom. The highest BCUT2D eigenvalue weighted by molar-refractivity contribution is 6.05. The van der Waals surface area contributed by atoms with Gasteiger partial charge < -0.3 is 34.4 Å². The van der Waals surface area contributed by atoms with Gasteiger partial charge in [-0.05, 0) is 50.5 Å². The standard InChI is InChI=1S/C32H41N3O8/c1-21-20-33-25(37)10-6-5-8-17-34(22-11-13-23(41-2)14-12-22)30(39)28-32-16-15-24(43-32)26(31(40)42-21)27(32)29(38)35(28)18-7-3-4-9-19-36/h5,8,11-16,21,24,26-28,36H,3-4,6-7,9-10,17-20H2,1-2H3,(H,33,37)/b8-5-/t21-,24+,26-,27-,28+,32-/m0/s1. The minimum atomic E-state index is -1.31. The first kappa shape index (κ1) is 30.7. The summed E-state index contributed by atoms with van der Waals surface area (Å²) < 4.78 is 17.5. The van der Waals surface area contributed by atoms with E-state index in [1.165, 1.54) is 0 Å². The van der Waals surface area contributed by atoms with E-state index in [0.29, 0.717) is 37.2 Å². The molecule has 0 radical (unpaired) electrons. The number of nitrogens with zero attached hydrogens (tertiary/aromatic N) is 2. The van der Waals surface area contributed by atoms with Crippen molar-refractivity contribution in [2.75, 3.05) is 38.3 Å². The summed E-state index contributed by atoms with van der Waals surface area (Å²) >= 11 is 0. The second kappa shape index (κ2) is 13.3. The topological polar surface area (TPSA) is 135 Å². The van der Waals surface area contributed by atoms with Gasteiger partial charge >= 0.3 is 5.97 Å². The zero-order valence-electron chi connectivity index (χ0n) is 24.8. The largest absolute Gasteiger partial charge is 0.497 e. The van der Waals surface area contributed by atoms with Crippen molar-refractivity contribution in [3.8, 4) is 5.75 Å². The monoisotopic (exact) mass is 595 g/mol. The maximum Gasteiger partial charge on any atom is 0.313 e. The summed E-state index contributed by atoms with van der Waals surface area (Å²) in [6.45, 7) is 2.47. The van der Waals surface area contributed by atoms with Crippen LogP contribution in [-0.2, 0) is 28.7 Å². The van der Waals surface area contributed by atoms with Gasteiger partial charge in [0.25, 0.3) is 5.91 Å². The van der Waals surface area contributed by atoms with Crippen LogP contribution in [0.1, 0.15) is 45.4 Å². The first-order valence-corrected chi connectivity index (χ1v) is 15.2. The number of methoxy groups -OCH3 is 1. The van der Waals surface area contributed by atoms with Gasteiger partial charge in [-0.1, -0.05) is 37.1 Å². The van der Waals surface area contributed by atoms with E-state index in [2.05, 4.69) is 5.32 Å². The number of likely N-dealkylation sites (tertiary alicyclic amines) is 1. The highest BCUT2D eigenvalue weighted by atomic mass is 16.6. The molecule has 1 spiro atoms. The van der Waals surface area contributed by atoms with E-state index in [0.717, 1.165) is 12.8 Å². The normalized spacial score (nSPS) is 31.7. The zero-order valence-corrected chi connectivity index (χ0v) is 24.8. The fourth-order valence-electron chi connectivity index (χ4n) is 6.61. The molecule has 0 saturated carbocycles. The van der Waals surface area contributed by atoms with Crippen LogP contribution in [0.25, 0.3) is 0 Å². The molecule has 0 aliphatic carbocycles. The summed E-state index contributed by atoms with van der Waals surface area (Å²) in [5.74, 6) is -2.56. The Hall–Kier alpha value is -3.70. The number of hydrogen-bond donors (Lipinski definition) is 2. The van der Waals surface area contributed by atoms with Crippen LogP contribution in [0, 0.1) is 11.8 Å². The summed E-state index contributed by atoms with van der Waals surface area (Å²) in [6, 6.07) is 6.12. The molecule has 4 aliphatic heterocycles. The van der Waals surface area contributed by atoms with E-state index in [9.17, 15) is 24.3 Å². The number of aliphatic hydroxyl groups excluding tert-OH is 1. The fourth-order valence-corrected chi connectivity index (χ4v) is 6.61. The Bertz CT molecular complexity index is 1260. The number of nitrogens with one attached hydrogen (secondary N) is 1. The van der Waals surface area contributed by atoms with E-state index in [-0.39, 0.29) is 43.8 Å². The number of ether oxygens (including phenoxy) is 3. The highest BCUT2D eigenvalue weighted by Gasteiger charge is 2.73. The van der Waals surface area contributed by atoms with Gasteiger partial charge in [0.1, 0.15) is 29.4 Å². The Balaban J connectivity index is 1.54. The molecule has 1 aromatic rings. The van der Waals surface area contributed by atoms with Gasteiger partial charge in [0.05, 0.1) is 25.7 Å². The quantitative estimate of drug-likeness (QED) is 0.265. The number of fused-ring (bicyclic) bond motifs is 2. The van der Waals surface area contributed by atoms with Crippen LogP contribution in [-0.4, -0.2) is 90.9 Å². The number of carbonyl (C=O) groups excluding carboxylic acids is 4. The fraction of sp³-hybridized carbons (Fsp3) is 0.562. The number of allylic oxidation sites excluding steroid dienone is 1. The Morgan fingerprint density at radius 1 is 1.05 bits per heavy atom. The van der Waals surface area contributed by atoms with Crippen molar-refractivity contribution in [1.29, 1.82) is 0 Å². The number of benzene rings is 1.